The quantitative estimate of drug-likeness (QED) is 0.745. The van der Waals surface area contributed by atoms with E-state index in [4.69, 9.17) is 0 Å². The van der Waals surface area contributed by atoms with E-state index in [0.717, 1.165) is 29.8 Å². The van der Waals surface area contributed by atoms with Gasteiger partial charge in [0.15, 0.2) is 5.17 Å². The van der Waals surface area contributed by atoms with E-state index >= 15 is 0 Å². The maximum absolute atomic E-state index is 13.8. The molecule has 1 aliphatic rings. The molecule has 0 aliphatic carbocycles. The second-order valence-corrected chi connectivity index (χ2v) is 7.82. The Labute approximate surface area is 172 Å². The van der Waals surface area contributed by atoms with Crippen LogP contribution in [0.25, 0.3) is 0 Å². The third-order valence-corrected chi connectivity index (χ3v) is 5.55. The van der Waals surface area contributed by atoms with E-state index in [-0.39, 0.29) is 18.0 Å². The summed E-state index contributed by atoms with van der Waals surface area (Å²) in [5.74, 6) is -2.30. The first-order chi connectivity index (χ1) is 13.9. The van der Waals surface area contributed by atoms with Crippen molar-refractivity contribution in [2.24, 2.45) is 4.99 Å². The molecule has 8 heteroatoms. The number of halogens is 2. The van der Waals surface area contributed by atoms with Gasteiger partial charge >= 0.3 is 0 Å². The molecule has 2 aromatic carbocycles. The molecular formula is C21H21F2N3O2S. The van der Waals surface area contributed by atoms with Gasteiger partial charge in [-0.3, -0.25) is 14.5 Å². The van der Waals surface area contributed by atoms with Crippen LogP contribution in [0.4, 0.5) is 20.2 Å². The number of benzene rings is 2. The zero-order chi connectivity index (χ0) is 21.0. The Hall–Kier alpha value is -2.74. The Balaban J connectivity index is 1.75. The summed E-state index contributed by atoms with van der Waals surface area (Å²) in [6, 6.07) is 10.5. The molecule has 1 fully saturated rings. The minimum absolute atomic E-state index is 0.119. The SMILES string of the molecule is CCCN1C(=O)[C@H](CC(=O)Nc2ccc(F)cc2F)SC1=Nc1ccccc1C. The van der Waals surface area contributed by atoms with Crippen molar-refractivity contribution in [1.29, 1.82) is 0 Å². The standard InChI is InChI=1S/C21H21F2N3O2S/c1-3-10-26-20(28)18(29-21(26)25-16-7-5-4-6-13(16)2)12-19(27)24-17-9-8-14(22)11-15(17)23/h4-9,11,18H,3,10,12H2,1-2H3,(H,24,27)/t18-/m0/s1. The molecule has 1 saturated heterocycles. The number of rotatable bonds is 6. The summed E-state index contributed by atoms with van der Waals surface area (Å²) < 4.78 is 26.8. The van der Waals surface area contributed by atoms with E-state index in [9.17, 15) is 18.4 Å². The Morgan fingerprint density at radius 3 is 2.69 bits per heavy atom. The van der Waals surface area contributed by atoms with Crippen molar-refractivity contribution < 1.29 is 18.4 Å². The van der Waals surface area contributed by atoms with E-state index in [2.05, 4.69) is 10.3 Å². The van der Waals surface area contributed by atoms with Crippen LogP contribution in [0.3, 0.4) is 0 Å². The number of anilines is 1. The number of carbonyl (C=O) groups excluding carboxylic acids is 2. The highest BCUT2D eigenvalue weighted by Gasteiger charge is 2.38. The molecule has 29 heavy (non-hydrogen) atoms. The monoisotopic (exact) mass is 417 g/mol. The highest BCUT2D eigenvalue weighted by atomic mass is 32.2. The van der Waals surface area contributed by atoms with Crippen LogP contribution in [0.5, 0.6) is 0 Å². The van der Waals surface area contributed by atoms with Gasteiger partial charge in [0, 0.05) is 19.0 Å². The number of hydrogen-bond acceptors (Lipinski definition) is 4. The summed E-state index contributed by atoms with van der Waals surface area (Å²) in [5, 5.41) is 2.31. The van der Waals surface area contributed by atoms with Gasteiger partial charge in [-0.05, 0) is 37.1 Å². The van der Waals surface area contributed by atoms with E-state index < -0.39 is 22.8 Å². The van der Waals surface area contributed by atoms with Crippen LogP contribution in [0.1, 0.15) is 25.3 Å². The molecule has 0 spiro atoms. The van der Waals surface area contributed by atoms with E-state index in [1.54, 1.807) is 4.90 Å². The molecule has 152 valence electrons. The summed E-state index contributed by atoms with van der Waals surface area (Å²) in [5.41, 5.74) is 1.63. The highest BCUT2D eigenvalue weighted by Crippen LogP contribution is 2.32. The molecule has 0 unspecified atom stereocenters. The topological polar surface area (TPSA) is 61.8 Å². The fourth-order valence-electron chi connectivity index (χ4n) is 2.91. The van der Waals surface area contributed by atoms with E-state index in [1.807, 2.05) is 38.1 Å². The maximum atomic E-state index is 13.8. The van der Waals surface area contributed by atoms with Gasteiger partial charge in [-0.15, -0.1) is 0 Å². The van der Waals surface area contributed by atoms with Crippen LogP contribution in [-0.2, 0) is 9.59 Å². The van der Waals surface area contributed by atoms with Crippen molar-refractivity contribution in [3.63, 3.8) is 0 Å². The third-order valence-electron chi connectivity index (χ3n) is 4.37. The Morgan fingerprint density at radius 1 is 1.24 bits per heavy atom. The van der Waals surface area contributed by atoms with Gasteiger partial charge in [-0.1, -0.05) is 36.9 Å². The number of para-hydroxylation sites is 1. The van der Waals surface area contributed by atoms with E-state index in [1.165, 1.54) is 11.8 Å². The van der Waals surface area contributed by atoms with Gasteiger partial charge in [0.1, 0.15) is 16.9 Å². The second-order valence-electron chi connectivity index (χ2n) is 6.65. The van der Waals surface area contributed by atoms with Gasteiger partial charge in [0.05, 0.1) is 11.4 Å². The summed E-state index contributed by atoms with van der Waals surface area (Å²) in [6.45, 7) is 4.40. The molecule has 0 bridgehead atoms. The van der Waals surface area contributed by atoms with Crippen LogP contribution >= 0.6 is 11.8 Å². The summed E-state index contributed by atoms with van der Waals surface area (Å²) in [7, 11) is 0. The predicted octanol–water partition coefficient (Wildman–Crippen LogP) is 4.64. The van der Waals surface area contributed by atoms with Crippen molar-refractivity contribution in [3.8, 4) is 0 Å². The average molecular weight is 417 g/mol. The van der Waals surface area contributed by atoms with Crippen LogP contribution in [0.15, 0.2) is 47.5 Å². The Bertz CT molecular complexity index is 965. The van der Waals surface area contributed by atoms with Crippen LogP contribution in [-0.4, -0.2) is 33.7 Å². The Morgan fingerprint density at radius 2 is 2.00 bits per heavy atom. The third kappa shape index (κ3) is 5.00. The summed E-state index contributed by atoms with van der Waals surface area (Å²) in [6.07, 6.45) is 0.617. The van der Waals surface area contributed by atoms with Crippen molar-refractivity contribution in [2.45, 2.75) is 31.9 Å². The molecule has 2 aromatic rings. The molecule has 0 saturated carbocycles. The smallest absolute Gasteiger partial charge is 0.242 e. The molecule has 1 atom stereocenters. The largest absolute Gasteiger partial charge is 0.324 e. The van der Waals surface area contributed by atoms with Crippen LogP contribution in [0, 0.1) is 18.6 Å². The lowest BCUT2D eigenvalue weighted by Crippen LogP contribution is -2.34. The number of hydrogen-bond donors (Lipinski definition) is 1. The summed E-state index contributed by atoms with van der Waals surface area (Å²) in [4.78, 5) is 31.4. The van der Waals surface area contributed by atoms with Crippen LogP contribution < -0.4 is 5.32 Å². The lowest BCUT2D eigenvalue weighted by atomic mass is 10.2. The molecule has 3 rings (SSSR count). The lowest BCUT2D eigenvalue weighted by Gasteiger charge is -2.15. The fraction of sp³-hybridized carbons (Fsp3) is 0.286. The van der Waals surface area contributed by atoms with Gasteiger partial charge in [-0.25, -0.2) is 13.8 Å². The minimum atomic E-state index is -0.863. The van der Waals surface area contributed by atoms with Crippen molar-refractivity contribution >= 4 is 40.1 Å². The van der Waals surface area contributed by atoms with Crippen molar-refractivity contribution in [1.82, 2.24) is 4.90 Å². The zero-order valence-corrected chi connectivity index (χ0v) is 16.9. The first-order valence-electron chi connectivity index (χ1n) is 9.26. The number of aryl methyl sites for hydroxylation is 1. The Kier molecular flexibility index (Phi) is 6.64. The molecule has 2 amide bonds. The molecule has 1 heterocycles. The molecular weight excluding hydrogens is 396 g/mol. The van der Waals surface area contributed by atoms with Gasteiger partial charge in [0.2, 0.25) is 11.8 Å². The molecule has 0 aromatic heterocycles. The number of aliphatic imine (C=N–C) groups is 1. The highest BCUT2D eigenvalue weighted by molar-refractivity contribution is 8.15. The number of thioether (sulfide) groups is 1. The number of amidine groups is 1. The lowest BCUT2D eigenvalue weighted by molar-refractivity contribution is -0.128. The molecule has 5 nitrogen and oxygen atoms in total. The molecule has 1 aliphatic heterocycles. The summed E-state index contributed by atoms with van der Waals surface area (Å²) >= 11 is 1.23. The fourth-order valence-corrected chi connectivity index (χ4v) is 4.08. The number of amides is 2. The second kappa shape index (κ2) is 9.17. The van der Waals surface area contributed by atoms with Crippen molar-refractivity contribution in [2.75, 3.05) is 11.9 Å². The van der Waals surface area contributed by atoms with Crippen LogP contribution in [0.2, 0.25) is 0 Å². The minimum Gasteiger partial charge on any atom is -0.324 e. The number of nitrogens with one attached hydrogen (secondary N) is 1. The van der Waals surface area contributed by atoms with Crippen molar-refractivity contribution in [3.05, 3.63) is 59.7 Å². The average Bonchev–Trinajstić information content (AvgIpc) is 2.95. The van der Waals surface area contributed by atoms with Gasteiger partial charge in [-0.2, -0.15) is 0 Å². The number of carbonyl (C=O) groups is 2. The first-order valence-corrected chi connectivity index (χ1v) is 10.1. The molecule has 1 N–H and O–H groups in total. The normalized spacial score (nSPS) is 17.8. The number of nitrogens with zero attached hydrogens (tertiary/aromatic N) is 2. The molecule has 0 radical (unpaired) electrons. The van der Waals surface area contributed by atoms with E-state index in [0.29, 0.717) is 17.8 Å². The zero-order valence-electron chi connectivity index (χ0n) is 16.1. The maximum Gasteiger partial charge on any atom is 0.242 e. The van der Waals surface area contributed by atoms with Gasteiger partial charge < -0.3 is 5.32 Å². The van der Waals surface area contributed by atoms with Gasteiger partial charge in [0.25, 0.3) is 0 Å². The first kappa shape index (κ1) is 21.0. The predicted molar refractivity (Wildman–Crippen MR) is 111 cm³/mol.